The van der Waals surface area contributed by atoms with Gasteiger partial charge in [-0.05, 0) is 55.5 Å². The number of anilines is 1. The fraction of sp³-hybridized carbons (Fsp3) is 0.346. The maximum Gasteiger partial charge on any atom is 0.411 e. The molecule has 1 aliphatic heterocycles. The molecule has 1 atom stereocenters. The van der Waals surface area contributed by atoms with Crippen LogP contribution >= 0.6 is 0 Å². The molecule has 2 aromatic carbocycles. The summed E-state index contributed by atoms with van der Waals surface area (Å²) in [5, 5.41) is 10.6. The third kappa shape index (κ3) is 4.33. The Balaban J connectivity index is 1.57. The van der Waals surface area contributed by atoms with Crippen LogP contribution in [0.5, 0.6) is 0 Å². The lowest BCUT2D eigenvalue weighted by Crippen LogP contribution is -2.49. The van der Waals surface area contributed by atoms with Crippen molar-refractivity contribution in [1.29, 1.82) is 0 Å². The van der Waals surface area contributed by atoms with E-state index in [0.717, 1.165) is 24.7 Å². The molecule has 3 aromatic rings. The van der Waals surface area contributed by atoms with E-state index in [4.69, 9.17) is 17.0 Å². The number of amides is 1. The molecule has 1 amide bonds. The minimum Gasteiger partial charge on any atom is -0.477 e. The minimum atomic E-state index is -3.61. The molecule has 1 spiro atoms. The van der Waals surface area contributed by atoms with Gasteiger partial charge in [0.1, 0.15) is 11.3 Å². The Morgan fingerprint density at radius 2 is 2.11 bits per heavy atom. The number of carbonyl (C=O) groups is 2. The molecular formula is C26H27N5O6S. The highest BCUT2D eigenvalue weighted by atomic mass is 32.2. The summed E-state index contributed by atoms with van der Waals surface area (Å²) in [6.45, 7) is 10.4. The van der Waals surface area contributed by atoms with Crippen molar-refractivity contribution >= 4 is 44.4 Å². The maximum atomic E-state index is 12.8. The first-order valence-corrected chi connectivity index (χ1v) is 13.9. The smallest absolute Gasteiger partial charge is 0.411 e. The third-order valence-electron chi connectivity index (χ3n) is 7.35. The summed E-state index contributed by atoms with van der Waals surface area (Å²) in [5.41, 5.74) is 7.37. The van der Waals surface area contributed by atoms with E-state index in [1.54, 1.807) is 23.1 Å². The number of nitrogens with one attached hydrogen (secondary N) is 2. The van der Waals surface area contributed by atoms with Crippen LogP contribution in [0.3, 0.4) is 0 Å². The Bertz CT molecular complexity index is 1620. The van der Waals surface area contributed by atoms with Crippen LogP contribution in [0.1, 0.15) is 41.9 Å². The maximum absolute atomic E-state index is 12.8. The summed E-state index contributed by atoms with van der Waals surface area (Å²) in [4.78, 5) is 33.2. The van der Waals surface area contributed by atoms with Crippen LogP contribution in [0.2, 0.25) is 0 Å². The summed E-state index contributed by atoms with van der Waals surface area (Å²) < 4.78 is 31.4. The SMILES string of the molecule is [C-]#[N+]c1cc(-c2c(C(=O)O)[nH]c3c([C@H](C)N4CC5(CC(CN)C5)OC4=O)cccc23)ccc1NS(C)(=O)=O. The zero-order chi connectivity index (χ0) is 27.4. The van der Waals surface area contributed by atoms with Crippen molar-refractivity contribution in [1.82, 2.24) is 9.88 Å². The number of nitrogens with zero attached hydrogens (tertiary/aromatic N) is 2. The molecule has 0 bridgehead atoms. The molecule has 2 heterocycles. The second-order valence-electron chi connectivity index (χ2n) is 10.0. The number of carboxylic acids is 1. The van der Waals surface area contributed by atoms with Crippen LogP contribution in [0, 0.1) is 12.5 Å². The van der Waals surface area contributed by atoms with Gasteiger partial charge < -0.3 is 20.6 Å². The van der Waals surface area contributed by atoms with Crippen molar-refractivity contribution in [2.45, 2.75) is 31.4 Å². The Morgan fingerprint density at radius 3 is 2.74 bits per heavy atom. The lowest BCUT2D eigenvalue weighted by atomic mass is 9.71. The van der Waals surface area contributed by atoms with Gasteiger partial charge in [0.25, 0.3) is 0 Å². The first-order valence-electron chi connectivity index (χ1n) is 12.0. The molecule has 1 saturated carbocycles. The van der Waals surface area contributed by atoms with Crippen molar-refractivity contribution in [3.05, 3.63) is 59.1 Å². The number of para-hydroxylation sites is 1. The quantitative estimate of drug-likeness (QED) is 0.331. The molecule has 38 heavy (non-hydrogen) atoms. The highest BCUT2D eigenvalue weighted by Gasteiger charge is 2.54. The molecule has 1 saturated heterocycles. The molecule has 1 aliphatic carbocycles. The van der Waals surface area contributed by atoms with Crippen molar-refractivity contribution in [2.24, 2.45) is 11.7 Å². The van der Waals surface area contributed by atoms with Gasteiger partial charge in [-0.15, -0.1) is 0 Å². The van der Waals surface area contributed by atoms with E-state index in [1.165, 1.54) is 12.1 Å². The van der Waals surface area contributed by atoms with E-state index < -0.39 is 33.7 Å². The number of benzene rings is 2. The lowest BCUT2D eigenvalue weighted by molar-refractivity contribution is -0.0439. The number of aromatic amines is 1. The average Bonchev–Trinajstić information content (AvgIpc) is 3.40. The molecule has 5 N–H and O–H groups in total. The van der Waals surface area contributed by atoms with Crippen molar-refractivity contribution in [2.75, 3.05) is 24.1 Å². The lowest BCUT2D eigenvalue weighted by Gasteiger charge is -2.42. The van der Waals surface area contributed by atoms with Gasteiger partial charge in [-0.2, -0.15) is 0 Å². The van der Waals surface area contributed by atoms with E-state index in [-0.39, 0.29) is 17.1 Å². The molecular weight excluding hydrogens is 510 g/mol. The number of nitrogens with two attached hydrogens (primary N) is 1. The Hall–Kier alpha value is -4.08. The van der Waals surface area contributed by atoms with Gasteiger partial charge in [-0.3, -0.25) is 9.62 Å². The van der Waals surface area contributed by atoms with Crippen molar-refractivity contribution in [3.8, 4) is 11.1 Å². The number of ether oxygens (including phenoxy) is 1. The summed E-state index contributed by atoms with van der Waals surface area (Å²) in [5.74, 6) is -0.857. The van der Waals surface area contributed by atoms with Gasteiger partial charge >= 0.3 is 12.1 Å². The van der Waals surface area contributed by atoms with E-state index in [2.05, 4.69) is 14.6 Å². The van der Waals surface area contributed by atoms with Crippen molar-refractivity contribution in [3.63, 3.8) is 0 Å². The van der Waals surface area contributed by atoms with Gasteiger partial charge in [0.05, 0.1) is 36.6 Å². The highest BCUT2D eigenvalue weighted by Crippen LogP contribution is 2.47. The van der Waals surface area contributed by atoms with E-state index in [1.807, 2.05) is 13.0 Å². The second-order valence-corrected chi connectivity index (χ2v) is 11.8. The first-order chi connectivity index (χ1) is 17.9. The van der Waals surface area contributed by atoms with Crippen LogP contribution < -0.4 is 10.5 Å². The Labute approximate surface area is 219 Å². The second kappa shape index (κ2) is 9.04. The molecule has 0 unspecified atom stereocenters. The Morgan fingerprint density at radius 1 is 1.37 bits per heavy atom. The monoisotopic (exact) mass is 537 g/mol. The fourth-order valence-corrected chi connectivity index (χ4v) is 6.17. The predicted octanol–water partition coefficient (Wildman–Crippen LogP) is 4.08. The number of fused-ring (bicyclic) bond motifs is 1. The van der Waals surface area contributed by atoms with Crippen molar-refractivity contribution < 1.29 is 27.9 Å². The molecule has 11 nitrogen and oxygen atoms in total. The number of H-pyrrole nitrogens is 1. The molecule has 5 rings (SSSR count). The Kier molecular flexibility index (Phi) is 6.08. The van der Waals surface area contributed by atoms with Gasteiger partial charge in [-0.25, -0.2) is 22.9 Å². The summed E-state index contributed by atoms with van der Waals surface area (Å²) in [6, 6.07) is 9.45. The topological polar surface area (TPSA) is 159 Å². The number of aromatic nitrogens is 1. The van der Waals surface area contributed by atoms with Gasteiger partial charge in [0.15, 0.2) is 0 Å². The number of hydrogen-bond acceptors (Lipinski definition) is 6. The van der Waals surface area contributed by atoms with Gasteiger partial charge in [0.2, 0.25) is 15.7 Å². The molecule has 198 valence electrons. The summed E-state index contributed by atoms with van der Waals surface area (Å²) in [6.07, 6.45) is 2.03. The van der Waals surface area contributed by atoms with E-state index >= 15 is 0 Å². The molecule has 12 heteroatoms. The van der Waals surface area contributed by atoms with Crippen LogP contribution in [0.15, 0.2) is 36.4 Å². The molecule has 0 radical (unpaired) electrons. The van der Waals surface area contributed by atoms with Crippen LogP contribution in [0.4, 0.5) is 16.2 Å². The number of sulfonamides is 1. The average molecular weight is 538 g/mol. The zero-order valence-electron chi connectivity index (χ0n) is 20.8. The first kappa shape index (κ1) is 25.6. The molecule has 1 aromatic heterocycles. The number of hydrogen-bond donors (Lipinski definition) is 4. The van der Waals surface area contributed by atoms with E-state index in [9.17, 15) is 23.1 Å². The number of rotatable bonds is 7. The zero-order valence-corrected chi connectivity index (χ0v) is 21.6. The van der Waals surface area contributed by atoms with Crippen LogP contribution in [-0.4, -0.2) is 60.4 Å². The molecule has 2 aliphatic rings. The standard InChI is InChI=1S/C26H27N5O6S/c1-14(31-13-26(37-25(31)34)10-15(11-26)12-27)17-5-4-6-18-21(23(24(32)33)29-22(17)18)16-7-8-19(20(9-16)28-2)30-38(3,35)36/h4-9,14-15,29-30H,10-13,27H2,1,3H3,(H,32,33)/t14-,15?,26?/m0/s1. The molecule has 2 fully saturated rings. The fourth-order valence-electron chi connectivity index (χ4n) is 5.60. The number of carbonyl (C=O) groups excluding carboxylic acids is 1. The van der Waals surface area contributed by atoms with Crippen LogP contribution in [0.25, 0.3) is 26.9 Å². The van der Waals surface area contributed by atoms with Crippen LogP contribution in [-0.2, 0) is 14.8 Å². The summed E-state index contributed by atoms with van der Waals surface area (Å²) >= 11 is 0. The minimum absolute atomic E-state index is 0.0320. The number of aromatic carboxylic acids is 1. The predicted molar refractivity (Wildman–Crippen MR) is 142 cm³/mol. The van der Waals surface area contributed by atoms with Gasteiger partial charge in [-0.1, -0.05) is 24.3 Å². The number of carboxylic acid groups (broad SMARTS) is 1. The third-order valence-corrected chi connectivity index (χ3v) is 7.94. The summed E-state index contributed by atoms with van der Waals surface area (Å²) in [7, 11) is -3.61. The highest BCUT2D eigenvalue weighted by molar-refractivity contribution is 7.92. The van der Waals surface area contributed by atoms with Gasteiger partial charge in [0, 0.05) is 10.9 Å². The largest absolute Gasteiger partial charge is 0.477 e. The van der Waals surface area contributed by atoms with E-state index in [0.29, 0.717) is 41.0 Å². The normalized spacial score (nSPS) is 21.7.